The van der Waals surface area contributed by atoms with Crippen LogP contribution in [0.3, 0.4) is 0 Å². The van der Waals surface area contributed by atoms with Crippen LogP contribution in [0.25, 0.3) is 11.3 Å². The third-order valence-corrected chi connectivity index (χ3v) is 6.30. The summed E-state index contributed by atoms with van der Waals surface area (Å²) in [6.45, 7) is 0. The van der Waals surface area contributed by atoms with E-state index in [1.807, 2.05) is 30.3 Å². The quantitative estimate of drug-likeness (QED) is 0.314. The number of nitrogens with one attached hydrogen (secondary N) is 1. The number of hydrogen-bond donors (Lipinski definition) is 1. The van der Waals surface area contributed by atoms with Gasteiger partial charge in [0.15, 0.2) is 5.11 Å². The molecule has 2 aromatic carbocycles. The molecule has 4 nitrogen and oxygen atoms in total. The number of thiocarbonyl (C=S) groups is 1. The second-order valence-electron chi connectivity index (χ2n) is 7.27. The Morgan fingerprint density at radius 3 is 2.56 bits per heavy atom. The Morgan fingerprint density at radius 2 is 1.81 bits per heavy atom. The first-order valence-electron chi connectivity index (χ1n) is 9.83. The van der Waals surface area contributed by atoms with Crippen LogP contribution in [0, 0.1) is 11.6 Å². The zero-order chi connectivity index (χ0) is 22.2. The lowest BCUT2D eigenvalue weighted by Gasteiger charge is -2.26. The Balaban J connectivity index is 1.62. The molecule has 0 saturated carbocycles. The monoisotopic (exact) mass is 511 g/mol. The minimum atomic E-state index is -0.484. The zero-order valence-electron chi connectivity index (χ0n) is 16.5. The Hall–Kier alpha value is -3.10. The van der Waals surface area contributed by atoms with Crippen molar-refractivity contribution in [2.45, 2.75) is 12.1 Å². The number of nitrogens with zero attached hydrogens (tertiary/aromatic N) is 2. The number of anilines is 1. The van der Waals surface area contributed by atoms with Gasteiger partial charge >= 0.3 is 0 Å². The topological polar surface area (TPSA) is 41.3 Å². The van der Waals surface area contributed by atoms with Crippen molar-refractivity contribution in [1.29, 1.82) is 0 Å². The van der Waals surface area contributed by atoms with Crippen LogP contribution in [-0.4, -0.2) is 10.1 Å². The van der Waals surface area contributed by atoms with Crippen LogP contribution in [0.5, 0.6) is 0 Å². The van der Waals surface area contributed by atoms with E-state index in [4.69, 9.17) is 16.6 Å². The third-order valence-electron chi connectivity index (χ3n) is 5.32. The van der Waals surface area contributed by atoms with Crippen LogP contribution < -0.4 is 10.2 Å². The average molecular weight is 512 g/mol. The first kappa shape index (κ1) is 20.8. The molecule has 1 N–H and O–H groups in total. The maximum absolute atomic E-state index is 14.8. The summed E-state index contributed by atoms with van der Waals surface area (Å²) < 4.78 is 35.1. The number of halogens is 3. The van der Waals surface area contributed by atoms with E-state index in [9.17, 15) is 8.78 Å². The average Bonchev–Trinajstić information content (AvgIpc) is 3.39. The van der Waals surface area contributed by atoms with E-state index in [0.29, 0.717) is 32.4 Å². The predicted molar refractivity (Wildman–Crippen MR) is 126 cm³/mol. The summed E-state index contributed by atoms with van der Waals surface area (Å²) in [7, 11) is 0. The number of benzene rings is 2. The van der Waals surface area contributed by atoms with Gasteiger partial charge in [0.05, 0.1) is 17.4 Å². The molecule has 0 unspecified atom stereocenters. The van der Waals surface area contributed by atoms with Gasteiger partial charge in [-0.15, -0.1) is 0 Å². The normalized spacial score (nSPS) is 18.1. The molecule has 32 heavy (non-hydrogen) atoms. The molecule has 1 saturated heterocycles. The second kappa shape index (κ2) is 8.44. The van der Waals surface area contributed by atoms with Crippen LogP contribution in [0.4, 0.5) is 14.5 Å². The predicted octanol–water partition coefficient (Wildman–Crippen LogP) is 6.56. The highest BCUT2D eigenvalue weighted by atomic mass is 79.9. The molecule has 0 aliphatic carbocycles. The number of pyridine rings is 1. The Bertz CT molecular complexity index is 1300. The van der Waals surface area contributed by atoms with E-state index < -0.39 is 11.9 Å². The minimum Gasteiger partial charge on any atom is -0.459 e. The summed E-state index contributed by atoms with van der Waals surface area (Å²) in [5.41, 5.74) is 1.80. The van der Waals surface area contributed by atoms with Gasteiger partial charge in [-0.3, -0.25) is 4.98 Å². The first-order chi connectivity index (χ1) is 15.5. The Morgan fingerprint density at radius 1 is 1.00 bits per heavy atom. The summed E-state index contributed by atoms with van der Waals surface area (Å²) >= 11 is 8.99. The van der Waals surface area contributed by atoms with Crippen molar-refractivity contribution in [3.8, 4) is 11.3 Å². The molecular weight excluding hydrogens is 496 g/mol. The van der Waals surface area contributed by atoms with E-state index in [2.05, 4.69) is 26.2 Å². The second-order valence-corrected chi connectivity index (χ2v) is 8.52. The number of aromatic nitrogens is 1. The van der Waals surface area contributed by atoms with Gasteiger partial charge < -0.3 is 14.6 Å². The summed E-state index contributed by atoms with van der Waals surface area (Å²) in [5.74, 6) is 0.385. The van der Waals surface area contributed by atoms with Crippen molar-refractivity contribution in [2.75, 3.05) is 4.90 Å². The lowest BCUT2D eigenvalue weighted by Crippen LogP contribution is -2.30. The van der Waals surface area contributed by atoms with Crippen LogP contribution in [0.15, 0.2) is 87.9 Å². The van der Waals surface area contributed by atoms with E-state index in [-0.39, 0.29) is 11.9 Å². The van der Waals surface area contributed by atoms with Gasteiger partial charge in [0.25, 0.3) is 0 Å². The largest absolute Gasteiger partial charge is 0.459 e. The summed E-state index contributed by atoms with van der Waals surface area (Å²) in [6.07, 6.45) is 1.70. The number of rotatable bonds is 4. The fourth-order valence-electron chi connectivity index (χ4n) is 3.90. The van der Waals surface area contributed by atoms with Gasteiger partial charge in [0, 0.05) is 16.2 Å². The number of furan rings is 1. The summed E-state index contributed by atoms with van der Waals surface area (Å²) in [4.78, 5) is 6.19. The first-order valence-corrected chi connectivity index (χ1v) is 11.0. The molecule has 4 aromatic rings. The molecule has 5 rings (SSSR count). The highest BCUT2D eigenvalue weighted by molar-refractivity contribution is 9.10. The van der Waals surface area contributed by atoms with Crippen LogP contribution in [-0.2, 0) is 0 Å². The SMILES string of the molecule is Fc1ccc(-c2ccc([C@H]3[C@@H](c4ccccn4)NC(=S)N3c3ccccc3F)o2)c(Br)c1. The standard InChI is InChI=1S/C24H16BrF2N3OS/c25-16-13-14(26)8-9-15(16)20-10-11-21(31-20)23-22(18-6-3-4-12-28-18)29-24(32)30(23)19-7-2-1-5-17(19)27/h1-13,22-23H,(H,29,32)/t22-,23+/m1/s1. The molecule has 160 valence electrons. The molecule has 0 amide bonds. The van der Waals surface area contributed by atoms with Gasteiger partial charge in [-0.1, -0.05) is 18.2 Å². The molecule has 2 atom stereocenters. The summed E-state index contributed by atoms with van der Waals surface area (Å²) in [6, 6.07) is 19.3. The highest BCUT2D eigenvalue weighted by Gasteiger charge is 2.43. The van der Waals surface area contributed by atoms with Crippen molar-refractivity contribution in [3.05, 3.63) is 107 Å². The molecule has 1 fully saturated rings. The fraction of sp³-hybridized carbons (Fsp3) is 0.0833. The van der Waals surface area contributed by atoms with Crippen molar-refractivity contribution < 1.29 is 13.2 Å². The highest BCUT2D eigenvalue weighted by Crippen LogP contribution is 2.44. The third kappa shape index (κ3) is 3.69. The lowest BCUT2D eigenvalue weighted by atomic mass is 10.0. The Kier molecular flexibility index (Phi) is 5.48. The van der Waals surface area contributed by atoms with Gasteiger partial charge in [0.2, 0.25) is 0 Å². The molecule has 2 aromatic heterocycles. The Labute approximate surface area is 197 Å². The summed E-state index contributed by atoms with van der Waals surface area (Å²) in [5, 5.41) is 3.64. The molecular formula is C24H16BrF2N3OS. The maximum Gasteiger partial charge on any atom is 0.174 e. The van der Waals surface area contributed by atoms with E-state index >= 15 is 0 Å². The van der Waals surface area contributed by atoms with Gasteiger partial charge in [0.1, 0.15) is 29.2 Å². The molecule has 3 heterocycles. The molecule has 1 aliphatic rings. The van der Waals surface area contributed by atoms with Crippen LogP contribution >= 0.6 is 28.1 Å². The van der Waals surface area contributed by atoms with Crippen molar-refractivity contribution >= 4 is 38.9 Å². The minimum absolute atomic E-state index is 0.342. The van der Waals surface area contributed by atoms with Gasteiger partial charge in [-0.05, 0) is 82.7 Å². The van der Waals surface area contributed by atoms with Crippen molar-refractivity contribution in [3.63, 3.8) is 0 Å². The van der Waals surface area contributed by atoms with E-state index in [1.165, 1.54) is 18.2 Å². The fourth-order valence-corrected chi connectivity index (χ4v) is 4.78. The molecule has 0 radical (unpaired) electrons. The molecule has 8 heteroatoms. The molecule has 1 aliphatic heterocycles. The van der Waals surface area contributed by atoms with Gasteiger partial charge in [-0.25, -0.2) is 8.78 Å². The lowest BCUT2D eigenvalue weighted by molar-refractivity contribution is 0.437. The molecule has 0 spiro atoms. The van der Waals surface area contributed by atoms with E-state index in [1.54, 1.807) is 35.4 Å². The van der Waals surface area contributed by atoms with Crippen LogP contribution in [0.1, 0.15) is 23.5 Å². The number of para-hydroxylation sites is 1. The zero-order valence-corrected chi connectivity index (χ0v) is 18.9. The number of hydrogen-bond acceptors (Lipinski definition) is 3. The van der Waals surface area contributed by atoms with Crippen molar-refractivity contribution in [1.82, 2.24) is 10.3 Å². The van der Waals surface area contributed by atoms with Crippen LogP contribution in [0.2, 0.25) is 0 Å². The smallest absolute Gasteiger partial charge is 0.174 e. The van der Waals surface area contributed by atoms with Crippen molar-refractivity contribution in [2.24, 2.45) is 0 Å². The maximum atomic E-state index is 14.8. The molecule has 0 bridgehead atoms. The van der Waals surface area contributed by atoms with E-state index in [0.717, 1.165) is 5.69 Å². The van der Waals surface area contributed by atoms with Gasteiger partial charge in [-0.2, -0.15) is 0 Å².